The molecule has 2 atom stereocenters. The van der Waals surface area contributed by atoms with E-state index < -0.39 is 18.0 Å². The predicted molar refractivity (Wildman–Crippen MR) is 150 cm³/mol. The highest BCUT2D eigenvalue weighted by Gasteiger charge is 2.30. The number of fused-ring (bicyclic) bond motifs is 1. The van der Waals surface area contributed by atoms with Crippen molar-refractivity contribution in [1.29, 1.82) is 0 Å². The van der Waals surface area contributed by atoms with Crippen LogP contribution in [0.25, 0.3) is 0 Å². The van der Waals surface area contributed by atoms with E-state index in [2.05, 4.69) is 10.6 Å². The highest BCUT2D eigenvalue weighted by Crippen LogP contribution is 2.20. The Labute approximate surface area is 233 Å². The first kappa shape index (κ1) is 30.4. The number of benzene rings is 1. The van der Waals surface area contributed by atoms with Crippen molar-refractivity contribution in [3.8, 4) is 5.75 Å². The Morgan fingerprint density at radius 2 is 1.62 bits per heavy atom. The number of nitrogens with one attached hydrogen (secondary N) is 2. The number of carbonyl (C=O) groups is 4. The zero-order valence-corrected chi connectivity index (χ0v) is 23.9. The van der Waals surface area contributed by atoms with E-state index in [0.717, 1.165) is 44.9 Å². The SMILES string of the molecule is CC(C)C[C@@H]1NC(=O)CC[C@@H](C(=O)N2CCCCC2)NC(=O)c2ccccc2OCCCCCCN(C)C1=O. The van der Waals surface area contributed by atoms with Crippen molar-refractivity contribution in [2.45, 2.75) is 90.1 Å². The van der Waals surface area contributed by atoms with Crippen LogP contribution in [0.5, 0.6) is 5.75 Å². The molecule has 0 spiro atoms. The summed E-state index contributed by atoms with van der Waals surface area (Å²) in [7, 11) is 1.78. The van der Waals surface area contributed by atoms with E-state index >= 15 is 0 Å². The lowest BCUT2D eigenvalue weighted by Gasteiger charge is -2.31. The van der Waals surface area contributed by atoms with Crippen LogP contribution in [0.15, 0.2) is 24.3 Å². The maximum atomic E-state index is 13.5. The maximum absolute atomic E-state index is 13.5. The topological polar surface area (TPSA) is 108 Å². The fourth-order valence-electron chi connectivity index (χ4n) is 5.21. The van der Waals surface area contributed by atoms with Gasteiger partial charge in [-0.1, -0.05) is 38.8 Å². The van der Waals surface area contributed by atoms with Crippen molar-refractivity contribution in [2.75, 3.05) is 33.3 Å². The molecule has 1 fully saturated rings. The minimum atomic E-state index is -0.849. The number of likely N-dealkylation sites (N-methyl/N-ethyl adjacent to an activating group) is 1. The largest absolute Gasteiger partial charge is 0.493 e. The highest BCUT2D eigenvalue weighted by molar-refractivity contribution is 5.99. The molecular formula is C30H46N4O5. The lowest BCUT2D eigenvalue weighted by molar-refractivity contribution is -0.136. The molecule has 2 N–H and O–H groups in total. The van der Waals surface area contributed by atoms with Gasteiger partial charge in [0, 0.05) is 33.1 Å². The van der Waals surface area contributed by atoms with Crippen molar-refractivity contribution < 1.29 is 23.9 Å². The van der Waals surface area contributed by atoms with E-state index in [1.54, 1.807) is 35.0 Å². The summed E-state index contributed by atoms with van der Waals surface area (Å²) in [5.41, 5.74) is 0.375. The van der Waals surface area contributed by atoms with Crippen LogP contribution in [-0.2, 0) is 14.4 Å². The number of para-hydroxylation sites is 1. The number of nitrogens with zero attached hydrogens (tertiary/aromatic N) is 2. The number of hydrogen-bond donors (Lipinski definition) is 2. The summed E-state index contributed by atoms with van der Waals surface area (Å²) in [5, 5.41) is 5.82. The molecule has 9 heteroatoms. The molecule has 0 unspecified atom stereocenters. The molecule has 0 aromatic heterocycles. The molecule has 2 aliphatic heterocycles. The first-order valence-electron chi connectivity index (χ1n) is 14.6. The molecule has 216 valence electrons. The molecule has 0 aliphatic carbocycles. The predicted octanol–water partition coefficient (Wildman–Crippen LogP) is 3.52. The Morgan fingerprint density at radius 1 is 0.949 bits per heavy atom. The van der Waals surface area contributed by atoms with Crippen LogP contribution in [0.3, 0.4) is 0 Å². The molecule has 9 nitrogen and oxygen atoms in total. The molecule has 0 saturated carbocycles. The molecule has 2 aliphatic rings. The zero-order valence-electron chi connectivity index (χ0n) is 23.9. The Kier molecular flexibility index (Phi) is 12.1. The maximum Gasteiger partial charge on any atom is 0.255 e. The molecular weight excluding hydrogens is 496 g/mol. The van der Waals surface area contributed by atoms with E-state index in [9.17, 15) is 19.2 Å². The van der Waals surface area contributed by atoms with Gasteiger partial charge in [-0.05, 0) is 63.0 Å². The number of hydrogen-bond acceptors (Lipinski definition) is 5. The fraction of sp³-hybridized carbons (Fsp3) is 0.667. The van der Waals surface area contributed by atoms with Gasteiger partial charge in [-0.25, -0.2) is 0 Å². The first-order chi connectivity index (χ1) is 18.8. The molecule has 1 aromatic carbocycles. The summed E-state index contributed by atoms with van der Waals surface area (Å²) in [6.07, 6.45) is 7.22. The van der Waals surface area contributed by atoms with Gasteiger partial charge in [0.15, 0.2) is 0 Å². The number of rotatable bonds is 3. The number of carbonyl (C=O) groups excluding carboxylic acids is 4. The average molecular weight is 543 g/mol. The second-order valence-corrected chi connectivity index (χ2v) is 11.2. The highest BCUT2D eigenvalue weighted by atomic mass is 16.5. The van der Waals surface area contributed by atoms with Crippen molar-refractivity contribution in [3.05, 3.63) is 29.8 Å². The molecule has 39 heavy (non-hydrogen) atoms. The van der Waals surface area contributed by atoms with Crippen LogP contribution in [0, 0.1) is 5.92 Å². The Hall–Kier alpha value is -3.10. The van der Waals surface area contributed by atoms with Gasteiger partial charge >= 0.3 is 0 Å². The van der Waals surface area contributed by atoms with Crippen molar-refractivity contribution in [3.63, 3.8) is 0 Å². The van der Waals surface area contributed by atoms with E-state index in [0.29, 0.717) is 44.0 Å². The minimum absolute atomic E-state index is 0.0221. The summed E-state index contributed by atoms with van der Waals surface area (Å²) < 4.78 is 5.96. The van der Waals surface area contributed by atoms with Crippen LogP contribution in [0.4, 0.5) is 0 Å². The van der Waals surface area contributed by atoms with Gasteiger partial charge in [-0.15, -0.1) is 0 Å². The lowest BCUT2D eigenvalue weighted by Crippen LogP contribution is -2.51. The Balaban J connectivity index is 1.82. The number of amides is 4. The van der Waals surface area contributed by atoms with Gasteiger partial charge in [0.25, 0.3) is 5.91 Å². The molecule has 2 heterocycles. The standard InChI is InChI=1S/C30H46N4O5/c1-22(2)21-25-29(37)33(3)17-9-4-5-12-20-39-26-14-8-7-13-23(26)28(36)32-24(15-16-27(35)31-25)30(38)34-18-10-6-11-19-34/h7-8,13-14,22,24-25H,4-6,9-12,15-21H2,1-3H3,(H,31,35)(H,32,36)/t24-,25-/m0/s1. The summed E-state index contributed by atoms with van der Waals surface area (Å²) in [5.74, 6) is -0.250. The quantitative estimate of drug-likeness (QED) is 0.608. The molecule has 1 aromatic rings. The molecule has 1 saturated heterocycles. The second-order valence-electron chi connectivity index (χ2n) is 11.2. The van der Waals surface area contributed by atoms with Crippen LogP contribution < -0.4 is 15.4 Å². The molecule has 0 radical (unpaired) electrons. The van der Waals surface area contributed by atoms with Gasteiger partial charge < -0.3 is 25.2 Å². The van der Waals surface area contributed by atoms with Gasteiger partial charge in [0.05, 0.1) is 12.2 Å². The van der Waals surface area contributed by atoms with Crippen LogP contribution in [-0.4, -0.2) is 78.8 Å². The van der Waals surface area contributed by atoms with Crippen LogP contribution in [0.2, 0.25) is 0 Å². The molecule has 4 amide bonds. The Morgan fingerprint density at radius 3 is 2.36 bits per heavy atom. The first-order valence-corrected chi connectivity index (χ1v) is 14.6. The van der Waals surface area contributed by atoms with E-state index in [-0.39, 0.29) is 36.5 Å². The van der Waals surface area contributed by atoms with E-state index in [1.807, 2.05) is 19.9 Å². The third-order valence-corrected chi connectivity index (χ3v) is 7.42. The lowest BCUT2D eigenvalue weighted by atomic mass is 10.0. The normalized spacial score (nSPS) is 23.0. The number of ether oxygens (including phenoxy) is 1. The average Bonchev–Trinajstić information content (AvgIpc) is 2.93. The van der Waals surface area contributed by atoms with Crippen LogP contribution >= 0.6 is 0 Å². The van der Waals surface area contributed by atoms with Crippen molar-refractivity contribution in [2.24, 2.45) is 5.92 Å². The smallest absolute Gasteiger partial charge is 0.255 e. The summed E-state index contributed by atoms with van der Waals surface area (Å²) in [4.78, 5) is 56.6. The van der Waals surface area contributed by atoms with E-state index in [4.69, 9.17) is 4.74 Å². The third-order valence-electron chi connectivity index (χ3n) is 7.42. The monoisotopic (exact) mass is 542 g/mol. The minimum Gasteiger partial charge on any atom is -0.493 e. The van der Waals surface area contributed by atoms with Crippen molar-refractivity contribution >= 4 is 23.6 Å². The van der Waals surface area contributed by atoms with E-state index in [1.165, 1.54) is 0 Å². The fourth-order valence-corrected chi connectivity index (χ4v) is 5.21. The third kappa shape index (κ3) is 9.55. The van der Waals surface area contributed by atoms with Crippen molar-refractivity contribution in [1.82, 2.24) is 20.4 Å². The van der Waals surface area contributed by atoms with Gasteiger partial charge in [0.2, 0.25) is 17.7 Å². The second kappa shape index (κ2) is 15.5. The van der Waals surface area contributed by atoms with Gasteiger partial charge in [0.1, 0.15) is 17.8 Å². The zero-order chi connectivity index (χ0) is 28.2. The summed E-state index contributed by atoms with van der Waals surface area (Å²) in [6, 6.07) is 5.59. The van der Waals surface area contributed by atoms with Gasteiger partial charge in [-0.2, -0.15) is 0 Å². The van der Waals surface area contributed by atoms with Gasteiger partial charge in [-0.3, -0.25) is 19.2 Å². The summed E-state index contributed by atoms with van der Waals surface area (Å²) >= 11 is 0. The Bertz CT molecular complexity index is 976. The summed E-state index contributed by atoms with van der Waals surface area (Å²) in [6.45, 7) is 6.44. The molecule has 3 rings (SSSR count). The molecule has 0 bridgehead atoms. The van der Waals surface area contributed by atoms with Crippen LogP contribution in [0.1, 0.15) is 88.4 Å². The number of piperidine rings is 1. The number of likely N-dealkylation sites (tertiary alicyclic amines) is 1.